The number of carbonyl (C=O) groups excluding carboxylic acids is 2. The van der Waals surface area contributed by atoms with Gasteiger partial charge in [0.05, 0.1) is 16.4 Å². The van der Waals surface area contributed by atoms with Crippen LogP contribution in [0.15, 0.2) is 72.8 Å². The zero-order chi connectivity index (χ0) is 35.6. The third-order valence-electron chi connectivity index (χ3n) is 9.75. The van der Waals surface area contributed by atoms with Crippen molar-refractivity contribution >= 4 is 46.6 Å². The van der Waals surface area contributed by atoms with Crippen LogP contribution in [0.2, 0.25) is 15.1 Å². The summed E-state index contributed by atoms with van der Waals surface area (Å²) in [5.74, 6) is 0.0184. The molecule has 1 saturated heterocycles. The maximum Gasteiger partial charge on any atom is 0.272 e. The van der Waals surface area contributed by atoms with Gasteiger partial charge in [0.1, 0.15) is 0 Å². The van der Waals surface area contributed by atoms with E-state index in [2.05, 4.69) is 52.4 Å². The number of nitrogens with zero attached hydrogens (tertiary/aromatic N) is 4. The lowest BCUT2D eigenvalue weighted by Gasteiger charge is -2.41. The SMILES string of the molecule is CCC(=O)N(C(C)CCCCCNC(=O)c1nn(-c2ccc(Cl)cc2Cl)c(-c2ccc(Cl)cc2)c1C)C1CCN(CCc2ccccc2)CC1. The van der Waals surface area contributed by atoms with Crippen molar-refractivity contribution in [1.82, 2.24) is 24.9 Å². The number of piperidine rings is 1. The predicted molar refractivity (Wildman–Crippen MR) is 206 cm³/mol. The van der Waals surface area contributed by atoms with Crippen molar-refractivity contribution in [2.24, 2.45) is 0 Å². The van der Waals surface area contributed by atoms with Gasteiger partial charge in [-0.1, -0.05) is 97.0 Å². The fourth-order valence-corrected chi connectivity index (χ4v) is 7.61. The topological polar surface area (TPSA) is 70.5 Å². The van der Waals surface area contributed by atoms with Crippen molar-refractivity contribution in [1.29, 1.82) is 0 Å². The Hall–Kier alpha value is -3.36. The monoisotopic (exact) mass is 735 g/mol. The Morgan fingerprint density at radius 3 is 2.32 bits per heavy atom. The molecule has 1 aliphatic rings. The van der Waals surface area contributed by atoms with Gasteiger partial charge in [0.2, 0.25) is 5.91 Å². The van der Waals surface area contributed by atoms with Crippen LogP contribution in [0.4, 0.5) is 0 Å². The lowest BCUT2D eigenvalue weighted by atomic mass is 9.98. The summed E-state index contributed by atoms with van der Waals surface area (Å²) in [6.07, 6.45) is 7.38. The van der Waals surface area contributed by atoms with Crippen LogP contribution in [0.3, 0.4) is 0 Å². The predicted octanol–water partition coefficient (Wildman–Crippen LogP) is 9.43. The molecule has 2 heterocycles. The van der Waals surface area contributed by atoms with Gasteiger partial charge >= 0.3 is 0 Å². The molecule has 7 nitrogen and oxygen atoms in total. The number of hydrogen-bond acceptors (Lipinski definition) is 4. The molecule has 0 spiro atoms. The maximum absolute atomic E-state index is 13.4. The van der Waals surface area contributed by atoms with Crippen molar-refractivity contribution in [2.75, 3.05) is 26.2 Å². The summed E-state index contributed by atoms with van der Waals surface area (Å²) in [7, 11) is 0. The van der Waals surface area contributed by atoms with E-state index in [4.69, 9.17) is 39.9 Å². The maximum atomic E-state index is 13.4. The van der Waals surface area contributed by atoms with Crippen LogP contribution in [0.1, 0.15) is 80.4 Å². The quantitative estimate of drug-likeness (QED) is 0.124. The van der Waals surface area contributed by atoms with Gasteiger partial charge in [-0.25, -0.2) is 4.68 Å². The number of nitrogens with one attached hydrogen (secondary N) is 1. The molecular formula is C40H48Cl3N5O2. The number of halogens is 3. The molecule has 1 fully saturated rings. The number of likely N-dealkylation sites (tertiary alicyclic amines) is 1. The molecule has 10 heteroatoms. The Morgan fingerprint density at radius 2 is 1.64 bits per heavy atom. The van der Waals surface area contributed by atoms with E-state index in [0.717, 1.165) is 81.4 Å². The second kappa shape index (κ2) is 18.2. The fourth-order valence-electron chi connectivity index (χ4n) is 7.00. The van der Waals surface area contributed by atoms with Crippen LogP contribution in [0.25, 0.3) is 16.9 Å². The van der Waals surface area contributed by atoms with Gasteiger partial charge < -0.3 is 15.1 Å². The van der Waals surface area contributed by atoms with Crippen molar-refractivity contribution in [3.8, 4) is 16.9 Å². The summed E-state index contributed by atoms with van der Waals surface area (Å²) in [5, 5.41) is 9.37. The minimum absolute atomic E-state index is 0.190. The molecular weight excluding hydrogens is 689 g/mol. The summed E-state index contributed by atoms with van der Waals surface area (Å²) in [6, 6.07) is 23.8. The molecule has 4 aromatic rings. The average molecular weight is 737 g/mol. The number of carbonyl (C=O) groups is 2. The summed E-state index contributed by atoms with van der Waals surface area (Å²) >= 11 is 18.9. The van der Waals surface area contributed by atoms with Crippen LogP contribution in [-0.4, -0.2) is 69.7 Å². The van der Waals surface area contributed by atoms with E-state index in [1.54, 1.807) is 22.9 Å². The van der Waals surface area contributed by atoms with Crippen LogP contribution < -0.4 is 5.32 Å². The van der Waals surface area contributed by atoms with Crippen LogP contribution in [0.5, 0.6) is 0 Å². The van der Waals surface area contributed by atoms with E-state index >= 15 is 0 Å². The van der Waals surface area contributed by atoms with E-state index < -0.39 is 0 Å². The highest BCUT2D eigenvalue weighted by molar-refractivity contribution is 6.35. The minimum Gasteiger partial charge on any atom is -0.351 e. The molecule has 0 saturated carbocycles. The Bertz CT molecular complexity index is 1720. The molecule has 1 unspecified atom stereocenters. The number of rotatable bonds is 15. The average Bonchev–Trinajstić information content (AvgIpc) is 3.46. The molecule has 50 heavy (non-hydrogen) atoms. The molecule has 1 N–H and O–H groups in total. The molecule has 0 bridgehead atoms. The van der Waals surface area contributed by atoms with Gasteiger partial charge in [-0.15, -0.1) is 0 Å². The number of aromatic nitrogens is 2. The zero-order valence-electron chi connectivity index (χ0n) is 29.3. The van der Waals surface area contributed by atoms with Crippen LogP contribution in [-0.2, 0) is 11.2 Å². The van der Waals surface area contributed by atoms with Gasteiger partial charge in [0, 0.05) is 65.9 Å². The second-order valence-corrected chi connectivity index (χ2v) is 14.5. The van der Waals surface area contributed by atoms with Crippen molar-refractivity contribution in [3.05, 3.63) is 105 Å². The van der Waals surface area contributed by atoms with Crippen molar-refractivity contribution in [2.45, 2.75) is 84.2 Å². The summed E-state index contributed by atoms with van der Waals surface area (Å²) in [4.78, 5) is 31.3. The second-order valence-electron chi connectivity index (χ2n) is 13.3. The van der Waals surface area contributed by atoms with E-state index in [9.17, 15) is 9.59 Å². The van der Waals surface area contributed by atoms with E-state index in [-0.39, 0.29) is 17.9 Å². The normalized spacial score (nSPS) is 14.4. The van der Waals surface area contributed by atoms with E-state index in [0.29, 0.717) is 45.5 Å². The van der Waals surface area contributed by atoms with E-state index in [1.165, 1.54) is 5.56 Å². The summed E-state index contributed by atoms with van der Waals surface area (Å²) in [6.45, 7) is 9.72. The Morgan fingerprint density at radius 1 is 0.940 bits per heavy atom. The molecule has 1 aliphatic heterocycles. The lowest BCUT2D eigenvalue weighted by Crippen LogP contribution is -2.51. The smallest absolute Gasteiger partial charge is 0.272 e. The molecule has 1 atom stereocenters. The third-order valence-corrected chi connectivity index (χ3v) is 10.5. The molecule has 5 rings (SSSR count). The van der Waals surface area contributed by atoms with Gasteiger partial charge in [-0.3, -0.25) is 9.59 Å². The Balaban J connectivity index is 1.12. The van der Waals surface area contributed by atoms with Gasteiger partial charge in [-0.05, 0) is 81.8 Å². The highest BCUT2D eigenvalue weighted by Gasteiger charge is 2.30. The first-order valence-electron chi connectivity index (χ1n) is 17.8. The lowest BCUT2D eigenvalue weighted by molar-refractivity contribution is -0.137. The molecule has 0 radical (unpaired) electrons. The van der Waals surface area contributed by atoms with Crippen LogP contribution in [0, 0.1) is 6.92 Å². The molecule has 266 valence electrons. The number of unbranched alkanes of at least 4 members (excludes halogenated alkanes) is 2. The molecule has 2 amide bonds. The van der Waals surface area contributed by atoms with E-state index in [1.807, 2.05) is 38.1 Å². The van der Waals surface area contributed by atoms with Crippen molar-refractivity contribution in [3.63, 3.8) is 0 Å². The number of hydrogen-bond donors (Lipinski definition) is 1. The van der Waals surface area contributed by atoms with Crippen LogP contribution >= 0.6 is 34.8 Å². The zero-order valence-corrected chi connectivity index (χ0v) is 31.6. The summed E-state index contributed by atoms with van der Waals surface area (Å²) < 4.78 is 1.70. The van der Waals surface area contributed by atoms with Gasteiger partial charge in [0.25, 0.3) is 5.91 Å². The standard InChI is InChI=1S/C40H48Cl3N5O2/c1-4-37(49)47(34-21-25-46(26-22-34)24-20-30-12-8-5-9-13-30)28(2)11-7-6-10-23-44-40(50)38-29(3)39(31-14-16-32(41)17-15-31)48(45-38)36-19-18-33(42)27-35(36)43/h5,8-9,12-19,27-28,34H,4,6-7,10-11,20-26H2,1-3H3,(H,44,50). The Labute approximate surface area is 311 Å². The highest BCUT2D eigenvalue weighted by Crippen LogP contribution is 2.33. The summed E-state index contributed by atoms with van der Waals surface area (Å²) in [5.41, 5.74) is 4.71. The molecule has 0 aliphatic carbocycles. The first kappa shape index (κ1) is 37.9. The minimum atomic E-state index is -0.232. The first-order valence-corrected chi connectivity index (χ1v) is 19.0. The largest absolute Gasteiger partial charge is 0.351 e. The van der Waals surface area contributed by atoms with Gasteiger partial charge in [0.15, 0.2) is 5.69 Å². The van der Waals surface area contributed by atoms with Crippen molar-refractivity contribution < 1.29 is 9.59 Å². The Kier molecular flexibility index (Phi) is 13.8. The van der Waals surface area contributed by atoms with Gasteiger partial charge in [-0.2, -0.15) is 5.10 Å². The fraction of sp³-hybridized carbons (Fsp3) is 0.425. The number of benzene rings is 3. The molecule has 1 aromatic heterocycles. The highest BCUT2D eigenvalue weighted by atomic mass is 35.5. The number of amides is 2. The third kappa shape index (κ3) is 9.70. The first-order chi connectivity index (χ1) is 24.2. The molecule has 3 aromatic carbocycles.